The Morgan fingerprint density at radius 2 is 2.36 bits per heavy atom. The molecule has 0 bridgehead atoms. The largest absolute Gasteiger partial charge is 0.337 e. The van der Waals surface area contributed by atoms with E-state index in [1.165, 1.54) is 0 Å². The summed E-state index contributed by atoms with van der Waals surface area (Å²) in [5.41, 5.74) is 0.602. The number of carbonyl (C=O) groups excluding carboxylic acids is 1. The molecule has 0 fully saturated rings. The number of carbonyl (C=O) groups is 1. The summed E-state index contributed by atoms with van der Waals surface area (Å²) in [5, 5.41) is 0. The molecule has 0 saturated heterocycles. The van der Waals surface area contributed by atoms with E-state index in [1.807, 2.05) is 13.8 Å². The molecule has 0 aliphatic rings. The van der Waals surface area contributed by atoms with Gasteiger partial charge in [0.2, 0.25) is 0 Å². The van der Waals surface area contributed by atoms with Crippen LogP contribution in [0.4, 0.5) is 0 Å². The molecule has 1 heterocycles. The predicted octanol–water partition coefficient (Wildman–Crippen LogP) is 1.94. The molecule has 1 rings (SSSR count). The summed E-state index contributed by atoms with van der Waals surface area (Å²) in [6, 6.07) is 0.231. The molecule has 0 aliphatic heterocycles. The fraction of sp³-hybridized carbons (Fsp3) is 0.429. The Labute approximate surface area is 70.1 Å². The van der Waals surface area contributed by atoms with Crippen LogP contribution in [0.5, 0.6) is 0 Å². The molecule has 1 N–H and O–H groups in total. The van der Waals surface area contributed by atoms with Gasteiger partial charge in [-0.05, 0) is 26.1 Å². The van der Waals surface area contributed by atoms with Crippen molar-refractivity contribution in [3.8, 4) is 0 Å². The fourth-order valence-corrected chi connectivity index (χ4v) is 1.39. The molecule has 0 atom stereocenters. The van der Waals surface area contributed by atoms with Gasteiger partial charge in [-0.25, -0.2) is 0 Å². The van der Waals surface area contributed by atoms with E-state index in [0.29, 0.717) is 10.5 Å². The van der Waals surface area contributed by atoms with E-state index in [9.17, 15) is 4.79 Å². The van der Waals surface area contributed by atoms with Crippen LogP contribution in [0.1, 0.15) is 30.4 Å². The van der Waals surface area contributed by atoms with Gasteiger partial charge in [-0.15, -0.1) is 0 Å². The minimum Gasteiger partial charge on any atom is -0.337 e. The Bertz CT molecular complexity index is 310. The van der Waals surface area contributed by atoms with Crippen molar-refractivity contribution >= 4 is 18.5 Å². The summed E-state index contributed by atoms with van der Waals surface area (Å²) in [5.74, 6) is 0. The summed E-state index contributed by atoms with van der Waals surface area (Å²) in [7, 11) is 0. The SMILES string of the molecule is CC(C)n1c(C=O)c[nH]c1=S. The quantitative estimate of drug-likeness (QED) is 0.544. The van der Waals surface area contributed by atoms with E-state index < -0.39 is 0 Å². The number of imidazole rings is 1. The first kappa shape index (κ1) is 8.20. The fourth-order valence-electron chi connectivity index (χ4n) is 1.02. The number of aromatic nitrogens is 2. The Morgan fingerprint density at radius 3 is 2.73 bits per heavy atom. The lowest BCUT2D eigenvalue weighted by Crippen LogP contribution is -2.04. The molecule has 1 aromatic rings. The lowest BCUT2D eigenvalue weighted by Gasteiger charge is -2.07. The van der Waals surface area contributed by atoms with Gasteiger partial charge in [-0.3, -0.25) is 4.79 Å². The van der Waals surface area contributed by atoms with Crippen LogP contribution < -0.4 is 0 Å². The highest BCUT2D eigenvalue weighted by Gasteiger charge is 2.04. The predicted molar refractivity (Wildman–Crippen MR) is 45.4 cm³/mol. The Balaban J connectivity index is 3.29. The minimum atomic E-state index is 0.231. The van der Waals surface area contributed by atoms with Gasteiger partial charge in [-0.1, -0.05) is 0 Å². The van der Waals surface area contributed by atoms with Crippen molar-refractivity contribution in [3.63, 3.8) is 0 Å². The van der Waals surface area contributed by atoms with Crippen LogP contribution in [0.3, 0.4) is 0 Å². The maximum absolute atomic E-state index is 10.5. The average Bonchev–Trinajstić information content (AvgIpc) is 2.30. The van der Waals surface area contributed by atoms with E-state index in [-0.39, 0.29) is 6.04 Å². The molecule has 0 aromatic carbocycles. The van der Waals surface area contributed by atoms with Crippen molar-refractivity contribution in [2.45, 2.75) is 19.9 Å². The second-order valence-electron chi connectivity index (χ2n) is 2.60. The van der Waals surface area contributed by atoms with Crippen LogP contribution in [0, 0.1) is 4.77 Å². The van der Waals surface area contributed by atoms with Crippen LogP contribution in [-0.4, -0.2) is 15.8 Å². The molecule has 0 amide bonds. The number of rotatable bonds is 2. The zero-order valence-electron chi connectivity index (χ0n) is 6.50. The Hall–Kier alpha value is -0.900. The van der Waals surface area contributed by atoms with Gasteiger partial charge >= 0.3 is 0 Å². The van der Waals surface area contributed by atoms with Crippen molar-refractivity contribution in [3.05, 3.63) is 16.7 Å². The third-order valence-electron chi connectivity index (χ3n) is 1.48. The first-order valence-corrected chi connectivity index (χ1v) is 3.82. The maximum Gasteiger partial charge on any atom is 0.177 e. The van der Waals surface area contributed by atoms with E-state index >= 15 is 0 Å². The number of hydrogen-bond donors (Lipinski definition) is 1. The highest BCUT2D eigenvalue weighted by molar-refractivity contribution is 7.71. The smallest absolute Gasteiger partial charge is 0.177 e. The van der Waals surface area contributed by atoms with Gasteiger partial charge < -0.3 is 9.55 Å². The number of aldehydes is 1. The van der Waals surface area contributed by atoms with Crippen LogP contribution >= 0.6 is 12.2 Å². The van der Waals surface area contributed by atoms with Gasteiger partial charge in [0.15, 0.2) is 11.1 Å². The zero-order valence-corrected chi connectivity index (χ0v) is 7.31. The van der Waals surface area contributed by atoms with Crippen molar-refractivity contribution in [2.24, 2.45) is 0 Å². The van der Waals surface area contributed by atoms with E-state index in [2.05, 4.69) is 4.98 Å². The molecule has 60 valence electrons. The molecule has 4 heteroatoms. The van der Waals surface area contributed by atoms with Crippen molar-refractivity contribution in [1.29, 1.82) is 0 Å². The highest BCUT2D eigenvalue weighted by Crippen LogP contribution is 2.08. The molecular weight excluding hydrogens is 160 g/mol. The van der Waals surface area contributed by atoms with Crippen LogP contribution in [0.2, 0.25) is 0 Å². The zero-order chi connectivity index (χ0) is 8.43. The number of H-pyrrole nitrogens is 1. The molecule has 0 spiro atoms. The summed E-state index contributed by atoms with van der Waals surface area (Å²) in [4.78, 5) is 13.3. The third kappa shape index (κ3) is 1.40. The highest BCUT2D eigenvalue weighted by atomic mass is 32.1. The van der Waals surface area contributed by atoms with Gasteiger partial charge in [-0.2, -0.15) is 0 Å². The van der Waals surface area contributed by atoms with E-state index in [4.69, 9.17) is 12.2 Å². The standard InChI is InChI=1S/C7H10N2OS/c1-5(2)9-6(4-10)3-8-7(9)11/h3-5H,1-2H3,(H,8,11). The molecule has 3 nitrogen and oxygen atoms in total. The molecule has 1 aromatic heterocycles. The third-order valence-corrected chi connectivity index (χ3v) is 1.79. The average molecular weight is 170 g/mol. The second-order valence-corrected chi connectivity index (χ2v) is 2.99. The first-order chi connectivity index (χ1) is 5.16. The lowest BCUT2D eigenvalue weighted by molar-refractivity contribution is 0.111. The molecule has 0 unspecified atom stereocenters. The second kappa shape index (κ2) is 3.00. The van der Waals surface area contributed by atoms with Crippen LogP contribution in [0.25, 0.3) is 0 Å². The number of nitrogens with zero attached hydrogens (tertiary/aromatic N) is 1. The Morgan fingerprint density at radius 1 is 1.73 bits per heavy atom. The summed E-state index contributed by atoms with van der Waals surface area (Å²) >= 11 is 4.96. The molecule has 0 saturated carbocycles. The number of aromatic amines is 1. The minimum absolute atomic E-state index is 0.231. The molecule has 11 heavy (non-hydrogen) atoms. The van der Waals surface area contributed by atoms with Gasteiger partial charge in [0.25, 0.3) is 0 Å². The molecule has 0 radical (unpaired) electrons. The molecular formula is C7H10N2OS. The monoisotopic (exact) mass is 170 g/mol. The van der Waals surface area contributed by atoms with Crippen molar-refractivity contribution in [1.82, 2.24) is 9.55 Å². The summed E-state index contributed by atoms with van der Waals surface area (Å²) in [6.45, 7) is 3.97. The van der Waals surface area contributed by atoms with Crippen molar-refractivity contribution < 1.29 is 4.79 Å². The topological polar surface area (TPSA) is 37.8 Å². The van der Waals surface area contributed by atoms with Gasteiger partial charge in [0.05, 0.1) is 5.69 Å². The maximum atomic E-state index is 10.5. The van der Waals surface area contributed by atoms with Crippen LogP contribution in [0.15, 0.2) is 6.20 Å². The lowest BCUT2D eigenvalue weighted by atomic mass is 10.3. The number of hydrogen-bond acceptors (Lipinski definition) is 2. The molecule has 0 aliphatic carbocycles. The normalized spacial score (nSPS) is 10.5. The van der Waals surface area contributed by atoms with Crippen LogP contribution in [-0.2, 0) is 0 Å². The first-order valence-electron chi connectivity index (χ1n) is 3.42. The van der Waals surface area contributed by atoms with Gasteiger partial charge in [0, 0.05) is 12.2 Å². The Kier molecular flexibility index (Phi) is 2.24. The number of nitrogens with one attached hydrogen (secondary N) is 1. The summed E-state index contributed by atoms with van der Waals surface area (Å²) in [6.07, 6.45) is 2.42. The van der Waals surface area contributed by atoms with Gasteiger partial charge in [0.1, 0.15) is 0 Å². The van der Waals surface area contributed by atoms with E-state index in [1.54, 1.807) is 10.8 Å². The van der Waals surface area contributed by atoms with Crippen molar-refractivity contribution in [2.75, 3.05) is 0 Å². The summed E-state index contributed by atoms with van der Waals surface area (Å²) < 4.78 is 2.38. The van der Waals surface area contributed by atoms with E-state index in [0.717, 1.165) is 6.29 Å².